The van der Waals surface area contributed by atoms with Crippen LogP contribution in [0.1, 0.15) is 47.8 Å². The highest BCUT2D eigenvalue weighted by Gasteiger charge is 2.26. The summed E-state index contributed by atoms with van der Waals surface area (Å²) in [5, 5.41) is 12.6. The third-order valence-electron chi connectivity index (χ3n) is 8.21. The van der Waals surface area contributed by atoms with E-state index in [0.717, 1.165) is 84.7 Å². The van der Waals surface area contributed by atoms with Crippen molar-refractivity contribution in [3.05, 3.63) is 88.7 Å². The lowest BCUT2D eigenvalue weighted by molar-refractivity contribution is -0.0592. The molecule has 0 saturated carbocycles. The van der Waals surface area contributed by atoms with E-state index < -0.39 is 0 Å². The fraction of sp³-hybridized carbons (Fsp3) is 0.344. The Balaban J connectivity index is 0.992. The minimum Gasteiger partial charge on any atom is -0.473 e. The normalized spacial score (nSPS) is 18.1. The minimum atomic E-state index is 0.302. The van der Waals surface area contributed by atoms with Crippen molar-refractivity contribution in [1.82, 2.24) is 19.4 Å². The number of rotatable bonds is 8. The number of likely N-dealkylation sites (tertiary alicyclic amines) is 1. The maximum Gasteiger partial charge on any atom is 0.213 e. The summed E-state index contributed by atoms with van der Waals surface area (Å²) in [6.07, 6.45) is 3.55. The average molecular weight is 550 g/mol. The lowest BCUT2D eigenvalue weighted by atomic mass is 9.93. The Kier molecular flexibility index (Phi) is 6.94. The quantitative estimate of drug-likeness (QED) is 0.227. The molecule has 0 aliphatic carbocycles. The van der Waals surface area contributed by atoms with Crippen molar-refractivity contribution in [3.63, 3.8) is 0 Å². The Morgan fingerprint density at radius 2 is 1.85 bits per heavy atom. The lowest BCUT2D eigenvalue weighted by Crippen LogP contribution is -2.35. The van der Waals surface area contributed by atoms with Gasteiger partial charge in [0.1, 0.15) is 18.5 Å². The molecule has 0 amide bonds. The number of nitriles is 1. The Labute approximate surface area is 237 Å². The van der Waals surface area contributed by atoms with Crippen LogP contribution in [0.4, 0.5) is 0 Å². The Bertz CT molecular complexity index is 1690. The first-order valence-electron chi connectivity index (χ1n) is 14.0. The number of para-hydroxylation sites is 2. The first-order valence-corrected chi connectivity index (χ1v) is 14.9. The number of benzene rings is 2. The van der Waals surface area contributed by atoms with E-state index in [1.165, 1.54) is 5.52 Å². The van der Waals surface area contributed by atoms with E-state index >= 15 is 0 Å². The number of nitrogens with zero attached hydrogens (tertiary/aromatic N) is 5. The molecule has 0 N–H and O–H groups in total. The van der Waals surface area contributed by atoms with Crippen molar-refractivity contribution in [2.24, 2.45) is 0 Å². The molecule has 2 aliphatic heterocycles. The Morgan fingerprint density at radius 1 is 1.00 bits per heavy atom. The smallest absolute Gasteiger partial charge is 0.213 e. The topological polar surface area (TPSA) is 76.2 Å². The van der Waals surface area contributed by atoms with Crippen LogP contribution >= 0.6 is 11.3 Å². The summed E-state index contributed by atoms with van der Waals surface area (Å²) >= 11 is 1.60. The van der Waals surface area contributed by atoms with E-state index in [1.807, 2.05) is 18.2 Å². The van der Waals surface area contributed by atoms with Crippen molar-refractivity contribution in [2.45, 2.75) is 51.0 Å². The zero-order chi connectivity index (χ0) is 26.9. The predicted molar refractivity (Wildman–Crippen MR) is 156 cm³/mol. The van der Waals surface area contributed by atoms with E-state index in [1.54, 1.807) is 11.3 Å². The fourth-order valence-electron chi connectivity index (χ4n) is 5.87. The second-order valence-electron chi connectivity index (χ2n) is 10.7. The summed E-state index contributed by atoms with van der Waals surface area (Å²) in [7, 11) is 0. The van der Waals surface area contributed by atoms with Crippen LogP contribution in [0.3, 0.4) is 0 Å². The highest BCUT2D eigenvalue weighted by Crippen LogP contribution is 2.31. The van der Waals surface area contributed by atoms with Gasteiger partial charge in [-0.25, -0.2) is 9.97 Å². The van der Waals surface area contributed by atoms with Crippen LogP contribution in [0.15, 0.2) is 66.0 Å². The standard InChI is InChI=1S/C32H31N5O2S/c33-17-23-5-3-6-26-24(21-40-32(23)26)20-39-31-10-4-8-27(35-31)22-11-14-36(15-12-22)19-30-34-28-7-1-2-9-29(28)37(30)18-25-13-16-38-25/h1-10,21-22,25H,11-16,18-20H2/t25-/m0/s1. The van der Waals surface area contributed by atoms with Crippen LogP contribution in [-0.2, 0) is 24.4 Å². The van der Waals surface area contributed by atoms with Gasteiger partial charge in [-0.2, -0.15) is 5.26 Å². The van der Waals surface area contributed by atoms with Gasteiger partial charge in [-0.15, -0.1) is 11.3 Å². The fourth-order valence-corrected chi connectivity index (χ4v) is 6.89. The van der Waals surface area contributed by atoms with Crippen LogP contribution < -0.4 is 4.74 Å². The molecular formula is C32H31N5O2S. The lowest BCUT2D eigenvalue weighted by Gasteiger charge is -2.32. The number of hydrogen-bond donors (Lipinski definition) is 0. The van der Waals surface area contributed by atoms with Gasteiger partial charge in [-0.1, -0.05) is 30.3 Å². The summed E-state index contributed by atoms with van der Waals surface area (Å²) in [6.45, 7) is 5.08. The van der Waals surface area contributed by atoms with Crippen LogP contribution in [-0.4, -0.2) is 45.2 Å². The molecule has 5 aromatic rings. The molecule has 0 spiro atoms. The van der Waals surface area contributed by atoms with Gasteiger partial charge in [0.2, 0.25) is 5.88 Å². The Morgan fingerprint density at radius 3 is 2.67 bits per heavy atom. The molecule has 2 aromatic carbocycles. The zero-order valence-corrected chi connectivity index (χ0v) is 23.1. The number of pyridine rings is 1. The molecule has 7 nitrogen and oxygen atoms in total. The number of thiophene rings is 1. The SMILES string of the molecule is N#Cc1cccc2c(COc3cccc(C4CCN(Cc5nc6ccccc6n5C[C@@H]5CCO5)CC4)n3)csc12. The van der Waals surface area contributed by atoms with E-state index in [0.29, 0.717) is 30.1 Å². The van der Waals surface area contributed by atoms with Gasteiger partial charge in [-0.05, 0) is 62.0 Å². The van der Waals surface area contributed by atoms with Gasteiger partial charge in [0, 0.05) is 35.2 Å². The molecule has 2 fully saturated rings. The number of ether oxygens (including phenoxy) is 2. The van der Waals surface area contributed by atoms with Crippen molar-refractivity contribution >= 4 is 32.5 Å². The second-order valence-corrected chi connectivity index (χ2v) is 11.6. The summed E-state index contributed by atoms with van der Waals surface area (Å²) in [6, 6.07) is 22.7. The molecule has 7 rings (SSSR count). The highest BCUT2D eigenvalue weighted by molar-refractivity contribution is 7.17. The number of hydrogen-bond acceptors (Lipinski definition) is 7. The first-order chi connectivity index (χ1) is 19.7. The van der Waals surface area contributed by atoms with E-state index in [-0.39, 0.29) is 0 Å². The van der Waals surface area contributed by atoms with Crippen LogP contribution in [0, 0.1) is 11.3 Å². The van der Waals surface area contributed by atoms with Crippen LogP contribution in [0.25, 0.3) is 21.1 Å². The number of imidazole rings is 1. The first kappa shape index (κ1) is 25.2. The maximum absolute atomic E-state index is 9.39. The van der Waals surface area contributed by atoms with Crippen molar-refractivity contribution in [1.29, 1.82) is 5.26 Å². The van der Waals surface area contributed by atoms with E-state index in [2.05, 4.69) is 63.4 Å². The molecule has 3 aromatic heterocycles. The molecular weight excluding hydrogens is 518 g/mol. The van der Waals surface area contributed by atoms with Gasteiger partial charge in [0.25, 0.3) is 0 Å². The third kappa shape index (κ3) is 4.97. The molecule has 202 valence electrons. The van der Waals surface area contributed by atoms with Crippen molar-refractivity contribution < 1.29 is 9.47 Å². The van der Waals surface area contributed by atoms with Gasteiger partial charge in [0.15, 0.2) is 0 Å². The molecule has 2 saturated heterocycles. The highest BCUT2D eigenvalue weighted by atomic mass is 32.1. The average Bonchev–Trinajstić information content (AvgIpc) is 3.55. The van der Waals surface area contributed by atoms with Gasteiger partial charge in [-0.3, -0.25) is 4.90 Å². The molecule has 0 radical (unpaired) electrons. The van der Waals surface area contributed by atoms with Crippen LogP contribution in [0.5, 0.6) is 5.88 Å². The molecule has 0 unspecified atom stereocenters. The Hall–Kier alpha value is -3.77. The maximum atomic E-state index is 9.39. The molecule has 40 heavy (non-hydrogen) atoms. The molecule has 5 heterocycles. The molecule has 2 aliphatic rings. The van der Waals surface area contributed by atoms with Crippen molar-refractivity contribution in [3.8, 4) is 11.9 Å². The zero-order valence-electron chi connectivity index (χ0n) is 22.3. The van der Waals surface area contributed by atoms with Gasteiger partial charge >= 0.3 is 0 Å². The molecule has 1 atom stereocenters. The molecule has 0 bridgehead atoms. The monoisotopic (exact) mass is 549 g/mol. The van der Waals surface area contributed by atoms with E-state index in [9.17, 15) is 5.26 Å². The number of piperidine rings is 1. The van der Waals surface area contributed by atoms with Crippen LogP contribution in [0.2, 0.25) is 0 Å². The summed E-state index contributed by atoms with van der Waals surface area (Å²) in [5.41, 5.74) is 5.17. The summed E-state index contributed by atoms with van der Waals surface area (Å²) < 4.78 is 15.3. The summed E-state index contributed by atoms with van der Waals surface area (Å²) in [4.78, 5) is 12.4. The van der Waals surface area contributed by atoms with Gasteiger partial charge < -0.3 is 14.0 Å². The number of aromatic nitrogens is 3. The van der Waals surface area contributed by atoms with Crippen molar-refractivity contribution in [2.75, 3.05) is 19.7 Å². The minimum absolute atomic E-state index is 0.302. The second kappa shape index (κ2) is 11.0. The van der Waals surface area contributed by atoms with Gasteiger partial charge in [0.05, 0.1) is 40.5 Å². The summed E-state index contributed by atoms with van der Waals surface area (Å²) in [5.74, 6) is 2.20. The predicted octanol–water partition coefficient (Wildman–Crippen LogP) is 6.27. The van der Waals surface area contributed by atoms with E-state index in [4.69, 9.17) is 19.4 Å². The third-order valence-corrected chi connectivity index (χ3v) is 9.28. The number of fused-ring (bicyclic) bond motifs is 2. The largest absolute Gasteiger partial charge is 0.473 e. The molecule has 8 heteroatoms.